The number of nitrogens with two attached hydrogens (primary N) is 1. The zero-order valence-corrected chi connectivity index (χ0v) is 19.1. The number of halogens is 3. The van der Waals surface area contributed by atoms with Gasteiger partial charge in [-0.25, -0.2) is 0 Å². The van der Waals surface area contributed by atoms with Gasteiger partial charge in [-0.3, -0.25) is 19.7 Å². The molecule has 1 fully saturated rings. The second-order valence-corrected chi connectivity index (χ2v) is 8.81. The first-order valence-corrected chi connectivity index (χ1v) is 11.3. The molecule has 3 unspecified atom stereocenters. The molecule has 0 aromatic heterocycles. The Kier molecular flexibility index (Phi) is 7.85. The van der Waals surface area contributed by atoms with Gasteiger partial charge in [-0.1, -0.05) is 12.1 Å². The third kappa shape index (κ3) is 6.27. The van der Waals surface area contributed by atoms with Gasteiger partial charge in [0.2, 0.25) is 11.8 Å². The minimum absolute atomic E-state index is 0.0284. The Hall–Kier alpha value is -3.09. The van der Waals surface area contributed by atoms with Gasteiger partial charge in [-0.05, 0) is 55.3 Å². The predicted molar refractivity (Wildman–Crippen MR) is 123 cm³/mol. The van der Waals surface area contributed by atoms with Crippen molar-refractivity contribution < 1.29 is 27.6 Å². The standard InChI is InChI=1S/C22H24F3N5O3S/c1-11-4-3-5-15(12(11)2)27-16(31)10-34-21-29-18(26)17(20(33)30-21)28-19(32)13-6-8-14(9-7-13)22(23,24)25/h3-9,17-18,21,29H,10,26H2,1-2H3,(H,27,31)(H,28,32)(H,30,33). The highest BCUT2D eigenvalue weighted by Crippen LogP contribution is 2.29. The van der Waals surface area contributed by atoms with Gasteiger partial charge in [-0.15, -0.1) is 11.8 Å². The summed E-state index contributed by atoms with van der Waals surface area (Å²) < 4.78 is 38.0. The number of nitrogens with one attached hydrogen (secondary N) is 4. The summed E-state index contributed by atoms with van der Waals surface area (Å²) in [5.74, 6) is -1.56. The Morgan fingerprint density at radius 2 is 1.79 bits per heavy atom. The highest BCUT2D eigenvalue weighted by molar-refractivity contribution is 8.00. The lowest BCUT2D eigenvalue weighted by molar-refractivity contribution is -0.137. The number of hydrogen-bond donors (Lipinski definition) is 5. The van der Waals surface area contributed by atoms with Crippen molar-refractivity contribution in [2.24, 2.45) is 5.73 Å². The van der Waals surface area contributed by atoms with Crippen LogP contribution >= 0.6 is 11.8 Å². The average Bonchev–Trinajstić information content (AvgIpc) is 2.77. The summed E-state index contributed by atoms with van der Waals surface area (Å²) in [6.45, 7) is 3.84. The lowest BCUT2D eigenvalue weighted by atomic mass is 10.1. The first kappa shape index (κ1) is 25.5. The average molecular weight is 496 g/mol. The van der Waals surface area contributed by atoms with Crippen molar-refractivity contribution >= 4 is 35.2 Å². The molecule has 1 heterocycles. The third-order valence-corrected chi connectivity index (χ3v) is 6.30. The van der Waals surface area contributed by atoms with Crippen LogP contribution in [0.4, 0.5) is 18.9 Å². The summed E-state index contributed by atoms with van der Waals surface area (Å²) in [4.78, 5) is 37.2. The highest BCUT2D eigenvalue weighted by Gasteiger charge is 2.36. The number of rotatable bonds is 6. The van der Waals surface area contributed by atoms with E-state index in [0.717, 1.165) is 47.2 Å². The lowest BCUT2D eigenvalue weighted by Gasteiger charge is -2.35. The van der Waals surface area contributed by atoms with E-state index in [1.165, 1.54) is 0 Å². The van der Waals surface area contributed by atoms with Gasteiger partial charge in [0.25, 0.3) is 5.91 Å². The Morgan fingerprint density at radius 1 is 1.12 bits per heavy atom. The van der Waals surface area contributed by atoms with Gasteiger partial charge in [-0.2, -0.15) is 13.2 Å². The smallest absolute Gasteiger partial charge is 0.338 e. The topological polar surface area (TPSA) is 125 Å². The van der Waals surface area contributed by atoms with Crippen molar-refractivity contribution in [3.05, 3.63) is 64.7 Å². The second-order valence-electron chi connectivity index (χ2n) is 7.71. The van der Waals surface area contributed by atoms with Gasteiger partial charge >= 0.3 is 6.18 Å². The molecule has 182 valence electrons. The Morgan fingerprint density at radius 3 is 2.41 bits per heavy atom. The molecule has 2 aromatic rings. The maximum Gasteiger partial charge on any atom is 0.416 e. The maximum atomic E-state index is 12.7. The summed E-state index contributed by atoms with van der Waals surface area (Å²) in [5.41, 5.74) is 7.07. The second kappa shape index (κ2) is 10.5. The number of aryl methyl sites for hydroxylation is 1. The van der Waals surface area contributed by atoms with Crippen molar-refractivity contribution in [1.82, 2.24) is 16.0 Å². The Labute approximate surface area is 198 Å². The molecule has 1 saturated heterocycles. The van der Waals surface area contributed by atoms with Crippen LogP contribution in [-0.2, 0) is 15.8 Å². The first-order valence-electron chi connectivity index (χ1n) is 10.2. The van der Waals surface area contributed by atoms with E-state index in [1.54, 1.807) is 6.07 Å². The molecule has 0 spiro atoms. The Balaban J connectivity index is 1.51. The Bertz CT molecular complexity index is 1080. The fourth-order valence-corrected chi connectivity index (χ4v) is 4.05. The minimum atomic E-state index is -4.52. The molecule has 0 saturated carbocycles. The molecule has 12 heteroatoms. The summed E-state index contributed by atoms with van der Waals surface area (Å²) in [5, 5.41) is 10.7. The third-order valence-electron chi connectivity index (χ3n) is 5.28. The molecule has 0 aliphatic carbocycles. The van der Waals surface area contributed by atoms with Gasteiger partial charge in [0.1, 0.15) is 11.5 Å². The van der Waals surface area contributed by atoms with Crippen LogP contribution in [0.3, 0.4) is 0 Å². The van der Waals surface area contributed by atoms with E-state index in [4.69, 9.17) is 5.73 Å². The zero-order chi connectivity index (χ0) is 25.0. The van der Waals surface area contributed by atoms with Crippen LogP contribution in [0.25, 0.3) is 0 Å². The molecule has 1 aliphatic heterocycles. The first-order chi connectivity index (χ1) is 16.0. The minimum Gasteiger partial charge on any atom is -0.338 e. The van der Waals surface area contributed by atoms with Crippen molar-refractivity contribution in [2.75, 3.05) is 11.1 Å². The summed E-state index contributed by atoms with van der Waals surface area (Å²) >= 11 is 1.11. The van der Waals surface area contributed by atoms with Gasteiger partial charge in [0, 0.05) is 11.3 Å². The van der Waals surface area contributed by atoms with E-state index >= 15 is 0 Å². The van der Waals surface area contributed by atoms with Crippen molar-refractivity contribution in [3.63, 3.8) is 0 Å². The van der Waals surface area contributed by atoms with E-state index in [9.17, 15) is 27.6 Å². The molecule has 34 heavy (non-hydrogen) atoms. The number of amides is 3. The van der Waals surface area contributed by atoms with E-state index in [1.807, 2.05) is 26.0 Å². The molecule has 1 aliphatic rings. The fraction of sp³-hybridized carbons (Fsp3) is 0.318. The summed E-state index contributed by atoms with van der Waals surface area (Å²) in [6.07, 6.45) is -5.50. The van der Waals surface area contributed by atoms with Crippen molar-refractivity contribution in [3.8, 4) is 0 Å². The van der Waals surface area contributed by atoms with Crippen LogP contribution in [0.2, 0.25) is 0 Å². The van der Waals surface area contributed by atoms with Crippen LogP contribution in [0.15, 0.2) is 42.5 Å². The molecule has 8 nitrogen and oxygen atoms in total. The molecular weight excluding hydrogens is 471 g/mol. The number of thioether (sulfide) groups is 1. The normalized spacial score (nSPS) is 20.4. The molecule has 2 aromatic carbocycles. The van der Waals surface area contributed by atoms with Crippen LogP contribution < -0.4 is 27.0 Å². The van der Waals surface area contributed by atoms with E-state index < -0.39 is 41.3 Å². The molecule has 3 rings (SSSR count). The van der Waals surface area contributed by atoms with Crippen LogP contribution in [0.5, 0.6) is 0 Å². The van der Waals surface area contributed by atoms with Crippen LogP contribution in [0, 0.1) is 13.8 Å². The number of benzene rings is 2. The number of carbonyl (C=O) groups is 3. The molecular formula is C22H24F3N5O3S. The molecule has 3 amide bonds. The maximum absolute atomic E-state index is 12.7. The number of alkyl halides is 3. The van der Waals surface area contributed by atoms with E-state index in [0.29, 0.717) is 5.69 Å². The molecule has 3 atom stereocenters. The number of carbonyl (C=O) groups excluding carboxylic acids is 3. The zero-order valence-electron chi connectivity index (χ0n) is 18.3. The lowest BCUT2D eigenvalue weighted by Crippen LogP contribution is -2.70. The monoisotopic (exact) mass is 495 g/mol. The van der Waals surface area contributed by atoms with Crippen molar-refractivity contribution in [1.29, 1.82) is 0 Å². The van der Waals surface area contributed by atoms with Gasteiger partial charge < -0.3 is 21.7 Å². The molecule has 0 bridgehead atoms. The highest BCUT2D eigenvalue weighted by atomic mass is 32.2. The van der Waals surface area contributed by atoms with Gasteiger partial charge in [0.05, 0.1) is 17.5 Å². The summed E-state index contributed by atoms with van der Waals surface area (Å²) in [7, 11) is 0. The fourth-order valence-electron chi connectivity index (χ4n) is 3.21. The largest absolute Gasteiger partial charge is 0.416 e. The number of hydrogen-bond acceptors (Lipinski definition) is 6. The van der Waals surface area contributed by atoms with Crippen LogP contribution in [-0.4, -0.2) is 41.2 Å². The quantitative estimate of drug-likeness (QED) is 0.418. The number of anilines is 1. The molecule has 0 radical (unpaired) electrons. The predicted octanol–water partition coefficient (Wildman–Crippen LogP) is 2.08. The van der Waals surface area contributed by atoms with Gasteiger partial charge in [0.15, 0.2) is 0 Å². The van der Waals surface area contributed by atoms with Crippen LogP contribution in [0.1, 0.15) is 27.0 Å². The summed E-state index contributed by atoms with van der Waals surface area (Å²) in [6, 6.07) is 8.02. The SMILES string of the molecule is Cc1cccc(NC(=O)CSC2NC(=O)C(NC(=O)c3ccc(C(F)(F)F)cc3)C(N)N2)c1C. The van der Waals surface area contributed by atoms with E-state index in [-0.39, 0.29) is 17.2 Å². The van der Waals surface area contributed by atoms with E-state index in [2.05, 4.69) is 21.3 Å². The van der Waals surface area contributed by atoms with Crippen molar-refractivity contribution in [2.45, 2.75) is 37.7 Å². The molecule has 6 N–H and O–H groups in total.